The van der Waals surface area contributed by atoms with E-state index in [2.05, 4.69) is 9.97 Å². The van der Waals surface area contributed by atoms with Crippen LogP contribution in [-0.2, 0) is 6.61 Å². The summed E-state index contributed by atoms with van der Waals surface area (Å²) in [7, 11) is 0. The van der Waals surface area contributed by atoms with E-state index in [1.165, 1.54) is 0 Å². The Morgan fingerprint density at radius 3 is 2.95 bits per heavy atom. The molecule has 2 N–H and O–H groups in total. The number of nitrogens with two attached hydrogens (primary N) is 1. The summed E-state index contributed by atoms with van der Waals surface area (Å²) in [6.45, 7) is 0.153. The molecule has 0 atom stereocenters. The first-order valence-corrected chi connectivity index (χ1v) is 5.60. The molecule has 0 amide bonds. The van der Waals surface area contributed by atoms with Gasteiger partial charge in [0, 0.05) is 5.39 Å². The molecule has 0 bridgehead atoms. The molecule has 0 aliphatic rings. The molecule has 0 aliphatic carbocycles. The molecule has 0 aliphatic heterocycles. The first kappa shape index (κ1) is 11.5. The van der Waals surface area contributed by atoms with Crippen molar-refractivity contribution in [3.63, 3.8) is 0 Å². The van der Waals surface area contributed by atoms with Gasteiger partial charge in [0.05, 0.1) is 6.20 Å². The molecular formula is C13H10FN3O2. The van der Waals surface area contributed by atoms with Gasteiger partial charge in [-0.15, -0.1) is 0 Å². The smallest absolute Gasteiger partial charge is 0.318 e. The minimum absolute atomic E-state index is 0.0133. The zero-order valence-corrected chi connectivity index (χ0v) is 9.84. The van der Waals surface area contributed by atoms with Gasteiger partial charge >= 0.3 is 6.01 Å². The van der Waals surface area contributed by atoms with Crippen molar-refractivity contribution >= 4 is 16.8 Å². The van der Waals surface area contributed by atoms with Gasteiger partial charge in [0.2, 0.25) is 0 Å². The predicted molar refractivity (Wildman–Crippen MR) is 66.9 cm³/mol. The number of furan rings is 1. The molecule has 0 radical (unpaired) electrons. The molecule has 0 spiro atoms. The van der Waals surface area contributed by atoms with E-state index in [1.807, 2.05) is 30.3 Å². The zero-order valence-electron chi connectivity index (χ0n) is 9.84. The van der Waals surface area contributed by atoms with Crippen molar-refractivity contribution < 1.29 is 13.5 Å². The van der Waals surface area contributed by atoms with Crippen LogP contribution < -0.4 is 10.5 Å². The molecule has 1 aromatic carbocycles. The molecule has 2 aromatic heterocycles. The Morgan fingerprint density at radius 2 is 2.16 bits per heavy atom. The highest BCUT2D eigenvalue weighted by atomic mass is 19.1. The summed E-state index contributed by atoms with van der Waals surface area (Å²) < 4.78 is 23.7. The fraction of sp³-hybridized carbons (Fsp3) is 0.0769. The highest BCUT2D eigenvalue weighted by Gasteiger charge is 2.07. The Balaban J connectivity index is 1.76. The lowest BCUT2D eigenvalue weighted by atomic mass is 10.2. The van der Waals surface area contributed by atoms with Crippen LogP contribution in [0, 0.1) is 5.82 Å². The van der Waals surface area contributed by atoms with Crippen LogP contribution in [0.3, 0.4) is 0 Å². The summed E-state index contributed by atoms with van der Waals surface area (Å²) in [4.78, 5) is 7.35. The predicted octanol–water partition coefficient (Wildman–Crippen LogP) is 2.52. The molecule has 19 heavy (non-hydrogen) atoms. The average molecular weight is 259 g/mol. The van der Waals surface area contributed by atoms with Gasteiger partial charge in [-0.1, -0.05) is 18.2 Å². The van der Waals surface area contributed by atoms with Crippen LogP contribution in [0.5, 0.6) is 6.01 Å². The van der Waals surface area contributed by atoms with Crippen LogP contribution >= 0.6 is 0 Å². The van der Waals surface area contributed by atoms with E-state index >= 15 is 0 Å². The van der Waals surface area contributed by atoms with Crippen LogP contribution in [0.4, 0.5) is 10.2 Å². The van der Waals surface area contributed by atoms with Gasteiger partial charge in [0.15, 0.2) is 11.6 Å². The normalized spacial score (nSPS) is 10.8. The van der Waals surface area contributed by atoms with Crippen LogP contribution in [0.2, 0.25) is 0 Å². The number of ether oxygens (including phenoxy) is 1. The minimum atomic E-state index is -0.670. The summed E-state index contributed by atoms with van der Waals surface area (Å²) in [6.07, 6.45) is 0.969. The van der Waals surface area contributed by atoms with E-state index in [0.29, 0.717) is 5.76 Å². The van der Waals surface area contributed by atoms with E-state index in [1.54, 1.807) is 0 Å². The zero-order chi connectivity index (χ0) is 13.2. The van der Waals surface area contributed by atoms with E-state index in [-0.39, 0.29) is 18.4 Å². The number of fused-ring (bicyclic) bond motifs is 1. The lowest BCUT2D eigenvalue weighted by Crippen LogP contribution is -2.02. The standard InChI is InChI=1S/C13H10FN3O2/c14-10-6-16-13(17-12(10)15)18-7-9-5-8-3-1-2-4-11(8)19-9/h1-6H,7H2,(H2,15,16,17). The Hall–Kier alpha value is -2.63. The second-order valence-corrected chi connectivity index (χ2v) is 3.92. The molecule has 3 rings (SSSR count). The fourth-order valence-electron chi connectivity index (χ4n) is 1.68. The third kappa shape index (κ3) is 2.33. The van der Waals surface area contributed by atoms with E-state index in [0.717, 1.165) is 17.2 Å². The van der Waals surface area contributed by atoms with Crippen molar-refractivity contribution in [2.24, 2.45) is 0 Å². The Morgan fingerprint density at radius 1 is 1.32 bits per heavy atom. The lowest BCUT2D eigenvalue weighted by molar-refractivity contribution is 0.253. The molecule has 5 nitrogen and oxygen atoms in total. The molecule has 3 aromatic rings. The number of hydrogen-bond donors (Lipinski definition) is 1. The molecular weight excluding hydrogens is 249 g/mol. The lowest BCUT2D eigenvalue weighted by Gasteiger charge is -2.02. The van der Waals surface area contributed by atoms with Crippen molar-refractivity contribution in [1.29, 1.82) is 0 Å². The number of nitrogen functional groups attached to an aromatic ring is 1. The van der Waals surface area contributed by atoms with Crippen LogP contribution in [-0.4, -0.2) is 9.97 Å². The maximum Gasteiger partial charge on any atom is 0.318 e. The van der Waals surface area contributed by atoms with E-state index in [9.17, 15) is 4.39 Å². The number of nitrogens with zero attached hydrogens (tertiary/aromatic N) is 2. The Kier molecular flexibility index (Phi) is 2.75. The second-order valence-electron chi connectivity index (χ2n) is 3.92. The van der Waals surface area contributed by atoms with Crippen molar-refractivity contribution in [2.75, 3.05) is 5.73 Å². The van der Waals surface area contributed by atoms with Gasteiger partial charge in [-0.3, -0.25) is 0 Å². The third-order valence-corrected chi connectivity index (χ3v) is 2.57. The van der Waals surface area contributed by atoms with Gasteiger partial charge in [-0.25, -0.2) is 9.37 Å². The summed E-state index contributed by atoms with van der Waals surface area (Å²) >= 11 is 0. The van der Waals surface area contributed by atoms with E-state index < -0.39 is 5.82 Å². The number of hydrogen-bond acceptors (Lipinski definition) is 5. The van der Waals surface area contributed by atoms with Gasteiger partial charge in [0.25, 0.3) is 0 Å². The summed E-state index contributed by atoms with van der Waals surface area (Å²) in [5.74, 6) is -0.279. The molecule has 96 valence electrons. The summed E-state index contributed by atoms with van der Waals surface area (Å²) in [5, 5.41) is 0.987. The fourth-order valence-corrected chi connectivity index (χ4v) is 1.68. The van der Waals surface area contributed by atoms with Gasteiger partial charge < -0.3 is 14.9 Å². The molecule has 0 unspecified atom stereocenters. The Bertz CT molecular complexity index is 694. The molecule has 2 heterocycles. The average Bonchev–Trinajstić information content (AvgIpc) is 2.83. The number of benzene rings is 1. The highest BCUT2D eigenvalue weighted by Crippen LogP contribution is 2.20. The molecule has 0 saturated heterocycles. The van der Waals surface area contributed by atoms with Crippen molar-refractivity contribution in [3.8, 4) is 6.01 Å². The maximum absolute atomic E-state index is 12.9. The Labute approximate surface area is 107 Å². The molecule has 6 heteroatoms. The summed E-state index contributed by atoms with van der Waals surface area (Å²) in [5.41, 5.74) is 6.10. The van der Waals surface area contributed by atoms with Crippen LogP contribution in [0.15, 0.2) is 40.9 Å². The van der Waals surface area contributed by atoms with Crippen LogP contribution in [0.25, 0.3) is 11.0 Å². The van der Waals surface area contributed by atoms with Gasteiger partial charge in [0.1, 0.15) is 18.0 Å². The van der Waals surface area contributed by atoms with Crippen molar-refractivity contribution in [2.45, 2.75) is 6.61 Å². The number of anilines is 1. The molecule has 0 saturated carbocycles. The van der Waals surface area contributed by atoms with Gasteiger partial charge in [-0.05, 0) is 12.1 Å². The monoisotopic (exact) mass is 259 g/mol. The number of halogens is 1. The third-order valence-electron chi connectivity index (χ3n) is 2.57. The van der Waals surface area contributed by atoms with Crippen LogP contribution in [0.1, 0.15) is 5.76 Å². The summed E-state index contributed by atoms with van der Waals surface area (Å²) in [6, 6.07) is 9.49. The SMILES string of the molecule is Nc1nc(OCc2cc3ccccc3o2)ncc1F. The van der Waals surface area contributed by atoms with Crippen molar-refractivity contribution in [1.82, 2.24) is 9.97 Å². The molecule has 0 fully saturated rings. The minimum Gasteiger partial charge on any atom is -0.457 e. The second kappa shape index (κ2) is 4.56. The van der Waals surface area contributed by atoms with Crippen molar-refractivity contribution in [3.05, 3.63) is 48.1 Å². The largest absolute Gasteiger partial charge is 0.457 e. The van der Waals surface area contributed by atoms with E-state index in [4.69, 9.17) is 14.9 Å². The first-order valence-electron chi connectivity index (χ1n) is 5.60. The van der Waals surface area contributed by atoms with Gasteiger partial charge in [-0.2, -0.15) is 4.98 Å². The number of rotatable bonds is 3. The number of para-hydroxylation sites is 1. The quantitative estimate of drug-likeness (QED) is 0.782. The maximum atomic E-state index is 12.9. The highest BCUT2D eigenvalue weighted by molar-refractivity contribution is 5.77. The first-order chi connectivity index (χ1) is 9.22. The topological polar surface area (TPSA) is 74.2 Å². The number of aromatic nitrogens is 2.